The van der Waals surface area contributed by atoms with Crippen LogP contribution in [0, 0.1) is 11.7 Å². The highest BCUT2D eigenvalue weighted by atomic mass is 35.5. The number of carbonyl (C=O) groups excluding carboxylic acids is 2. The van der Waals surface area contributed by atoms with Gasteiger partial charge in [-0.1, -0.05) is 35.9 Å². The third-order valence-corrected chi connectivity index (χ3v) is 4.10. The van der Waals surface area contributed by atoms with Crippen molar-refractivity contribution in [3.05, 3.63) is 59.4 Å². The number of nitrogens with one attached hydrogen (secondary N) is 1. The molecule has 6 heteroatoms. The maximum Gasteiger partial charge on any atom is 0.229 e. The van der Waals surface area contributed by atoms with Crippen molar-refractivity contribution in [2.45, 2.75) is 6.42 Å². The van der Waals surface area contributed by atoms with Crippen LogP contribution in [0.5, 0.6) is 0 Å². The lowest BCUT2D eigenvalue weighted by Crippen LogP contribution is -2.28. The number of amides is 2. The van der Waals surface area contributed by atoms with Crippen molar-refractivity contribution in [3.63, 3.8) is 0 Å². The van der Waals surface area contributed by atoms with Crippen LogP contribution in [-0.4, -0.2) is 18.4 Å². The Bertz CT molecular complexity index is 766. The van der Waals surface area contributed by atoms with E-state index in [2.05, 4.69) is 5.32 Å². The maximum atomic E-state index is 13.8. The second-order valence-corrected chi connectivity index (χ2v) is 5.73. The summed E-state index contributed by atoms with van der Waals surface area (Å²) in [4.78, 5) is 25.8. The number of hydrogen-bond acceptors (Lipinski definition) is 2. The van der Waals surface area contributed by atoms with E-state index in [1.807, 2.05) is 0 Å². The zero-order valence-corrected chi connectivity index (χ0v) is 12.9. The second kappa shape index (κ2) is 6.38. The van der Waals surface area contributed by atoms with E-state index in [1.165, 1.54) is 17.0 Å². The Morgan fingerprint density at radius 1 is 1.17 bits per heavy atom. The van der Waals surface area contributed by atoms with E-state index in [0.29, 0.717) is 10.7 Å². The molecule has 0 radical (unpaired) electrons. The fourth-order valence-electron chi connectivity index (χ4n) is 2.58. The molecule has 3 rings (SSSR count). The fraction of sp³-hybridized carbons (Fsp3) is 0.176. The van der Waals surface area contributed by atoms with E-state index in [-0.39, 0.29) is 30.5 Å². The molecule has 23 heavy (non-hydrogen) atoms. The average molecular weight is 333 g/mol. The number of nitrogens with zero attached hydrogens (tertiary/aromatic N) is 1. The van der Waals surface area contributed by atoms with Crippen molar-refractivity contribution in [2.75, 3.05) is 16.8 Å². The van der Waals surface area contributed by atoms with Crippen molar-refractivity contribution in [3.8, 4) is 0 Å². The van der Waals surface area contributed by atoms with Crippen LogP contribution in [0.15, 0.2) is 48.5 Å². The van der Waals surface area contributed by atoms with Gasteiger partial charge < -0.3 is 10.2 Å². The van der Waals surface area contributed by atoms with Crippen LogP contribution in [0.4, 0.5) is 15.8 Å². The predicted molar refractivity (Wildman–Crippen MR) is 86.9 cm³/mol. The molecule has 0 bridgehead atoms. The molecule has 0 saturated carbocycles. The third-order valence-electron chi connectivity index (χ3n) is 3.77. The van der Waals surface area contributed by atoms with Gasteiger partial charge in [-0.2, -0.15) is 0 Å². The minimum Gasteiger partial charge on any atom is -0.324 e. The SMILES string of the molecule is O=C(Nc1ccccc1Cl)[C@H]1CC(=O)N(c2ccccc2F)C1. The van der Waals surface area contributed by atoms with Gasteiger partial charge in [0.25, 0.3) is 0 Å². The quantitative estimate of drug-likeness (QED) is 0.935. The normalized spacial score (nSPS) is 17.4. The minimum absolute atomic E-state index is 0.0463. The van der Waals surface area contributed by atoms with Crippen LogP contribution in [0.2, 0.25) is 5.02 Å². The lowest BCUT2D eigenvalue weighted by molar-refractivity contribution is -0.122. The van der Waals surface area contributed by atoms with Gasteiger partial charge in [0, 0.05) is 13.0 Å². The first-order chi connectivity index (χ1) is 11.1. The van der Waals surface area contributed by atoms with Crippen molar-refractivity contribution in [1.82, 2.24) is 0 Å². The average Bonchev–Trinajstić information content (AvgIpc) is 2.92. The Morgan fingerprint density at radius 2 is 1.87 bits per heavy atom. The molecule has 1 atom stereocenters. The van der Waals surface area contributed by atoms with Gasteiger partial charge >= 0.3 is 0 Å². The maximum absolute atomic E-state index is 13.8. The van der Waals surface area contributed by atoms with Crippen LogP contribution in [-0.2, 0) is 9.59 Å². The number of anilines is 2. The summed E-state index contributed by atoms with van der Waals surface area (Å²) in [6.07, 6.45) is 0.0463. The van der Waals surface area contributed by atoms with Gasteiger partial charge in [0.05, 0.1) is 22.3 Å². The summed E-state index contributed by atoms with van der Waals surface area (Å²) in [7, 11) is 0. The first-order valence-electron chi connectivity index (χ1n) is 7.16. The molecule has 2 aromatic rings. The summed E-state index contributed by atoms with van der Waals surface area (Å²) >= 11 is 6.01. The molecule has 1 heterocycles. The van der Waals surface area contributed by atoms with Crippen LogP contribution < -0.4 is 10.2 Å². The Kier molecular flexibility index (Phi) is 4.30. The lowest BCUT2D eigenvalue weighted by atomic mass is 10.1. The second-order valence-electron chi connectivity index (χ2n) is 5.33. The fourth-order valence-corrected chi connectivity index (χ4v) is 2.77. The van der Waals surface area contributed by atoms with Crippen molar-refractivity contribution in [1.29, 1.82) is 0 Å². The summed E-state index contributed by atoms with van der Waals surface area (Å²) in [6.45, 7) is 0.149. The molecule has 1 N–H and O–H groups in total. The molecule has 1 aliphatic rings. The van der Waals surface area contributed by atoms with Gasteiger partial charge in [-0.05, 0) is 24.3 Å². The standard InChI is InChI=1S/C17H14ClFN2O2/c18-12-5-1-3-7-14(12)20-17(23)11-9-16(22)21(10-11)15-8-4-2-6-13(15)19/h1-8,11H,9-10H2,(H,20,23)/t11-/m0/s1. The lowest BCUT2D eigenvalue weighted by Gasteiger charge is -2.17. The van der Waals surface area contributed by atoms with E-state index < -0.39 is 11.7 Å². The Labute approximate surface area is 137 Å². The Balaban J connectivity index is 1.74. The zero-order valence-electron chi connectivity index (χ0n) is 12.1. The molecule has 0 unspecified atom stereocenters. The van der Waals surface area contributed by atoms with E-state index in [4.69, 9.17) is 11.6 Å². The molecule has 0 spiro atoms. The van der Waals surface area contributed by atoms with Crippen molar-refractivity contribution in [2.24, 2.45) is 5.92 Å². The molecule has 4 nitrogen and oxygen atoms in total. The number of halogens is 2. The van der Waals surface area contributed by atoms with Gasteiger partial charge in [-0.3, -0.25) is 9.59 Å². The van der Waals surface area contributed by atoms with Crippen LogP contribution in [0.3, 0.4) is 0 Å². The predicted octanol–water partition coefficient (Wildman–Crippen LogP) is 3.47. The minimum atomic E-state index is -0.543. The van der Waals surface area contributed by atoms with E-state index in [1.54, 1.807) is 36.4 Å². The zero-order chi connectivity index (χ0) is 16.4. The Hall–Kier alpha value is -2.40. The highest BCUT2D eigenvalue weighted by Gasteiger charge is 2.36. The molecule has 2 aromatic carbocycles. The van der Waals surface area contributed by atoms with Gasteiger partial charge in [0.2, 0.25) is 11.8 Å². The number of para-hydroxylation sites is 2. The number of hydrogen-bond donors (Lipinski definition) is 1. The summed E-state index contributed by atoms with van der Waals surface area (Å²) in [6, 6.07) is 12.9. The molecular formula is C17H14ClFN2O2. The summed E-state index contributed by atoms with van der Waals surface area (Å²) in [5, 5.41) is 3.14. The number of rotatable bonds is 3. The van der Waals surface area contributed by atoms with Crippen LogP contribution in [0.25, 0.3) is 0 Å². The van der Waals surface area contributed by atoms with Gasteiger partial charge in [0.1, 0.15) is 5.82 Å². The smallest absolute Gasteiger partial charge is 0.229 e. The topological polar surface area (TPSA) is 49.4 Å². The molecular weight excluding hydrogens is 319 g/mol. The highest BCUT2D eigenvalue weighted by Crippen LogP contribution is 2.29. The monoisotopic (exact) mass is 332 g/mol. The number of benzene rings is 2. The summed E-state index contributed by atoms with van der Waals surface area (Å²) in [5.74, 6) is -1.59. The molecule has 1 aliphatic heterocycles. The van der Waals surface area contributed by atoms with E-state index >= 15 is 0 Å². The Morgan fingerprint density at radius 3 is 2.61 bits per heavy atom. The number of carbonyl (C=O) groups is 2. The molecule has 2 amide bonds. The van der Waals surface area contributed by atoms with E-state index in [9.17, 15) is 14.0 Å². The van der Waals surface area contributed by atoms with Gasteiger partial charge in [-0.25, -0.2) is 4.39 Å². The molecule has 0 aromatic heterocycles. The first-order valence-corrected chi connectivity index (χ1v) is 7.54. The van der Waals surface area contributed by atoms with Crippen LogP contribution >= 0.6 is 11.6 Å². The molecule has 1 fully saturated rings. The summed E-state index contributed by atoms with van der Waals surface area (Å²) < 4.78 is 13.8. The third kappa shape index (κ3) is 3.19. The summed E-state index contributed by atoms with van der Waals surface area (Å²) in [5.41, 5.74) is 0.696. The van der Waals surface area contributed by atoms with Gasteiger partial charge in [0.15, 0.2) is 0 Å². The van der Waals surface area contributed by atoms with Crippen molar-refractivity contribution < 1.29 is 14.0 Å². The largest absolute Gasteiger partial charge is 0.324 e. The van der Waals surface area contributed by atoms with Crippen LogP contribution in [0.1, 0.15) is 6.42 Å². The molecule has 1 saturated heterocycles. The molecule has 118 valence electrons. The van der Waals surface area contributed by atoms with Gasteiger partial charge in [-0.15, -0.1) is 0 Å². The highest BCUT2D eigenvalue weighted by molar-refractivity contribution is 6.33. The van der Waals surface area contributed by atoms with E-state index in [0.717, 1.165) is 0 Å². The first kappa shape index (κ1) is 15.5. The molecule has 0 aliphatic carbocycles. The van der Waals surface area contributed by atoms with Crippen molar-refractivity contribution >= 4 is 34.8 Å².